The number of benzene rings is 2. The van der Waals surface area contributed by atoms with E-state index in [9.17, 15) is 0 Å². The van der Waals surface area contributed by atoms with E-state index in [4.69, 9.17) is 4.74 Å². The molecule has 0 unspecified atom stereocenters. The number of aryl methyl sites for hydroxylation is 1. The topological polar surface area (TPSA) is 9.23 Å². The Kier molecular flexibility index (Phi) is 19.7. The zero-order chi connectivity index (χ0) is 21.6. The van der Waals surface area contributed by atoms with Gasteiger partial charge in [0.1, 0.15) is 11.5 Å². The van der Waals surface area contributed by atoms with Gasteiger partial charge in [0.2, 0.25) is 0 Å². The van der Waals surface area contributed by atoms with Gasteiger partial charge in [0.05, 0.1) is 0 Å². The van der Waals surface area contributed by atoms with Gasteiger partial charge in [-0.15, -0.1) is 0 Å². The summed E-state index contributed by atoms with van der Waals surface area (Å²) in [5, 5.41) is 0. The van der Waals surface area contributed by atoms with E-state index in [1.54, 1.807) is 0 Å². The molecule has 1 nitrogen and oxygen atoms in total. The van der Waals surface area contributed by atoms with E-state index < -0.39 is 0 Å². The van der Waals surface area contributed by atoms with Crippen LogP contribution in [-0.4, -0.2) is 0 Å². The molecule has 0 atom stereocenters. The number of hydrogen-bond acceptors (Lipinski definition) is 1. The Bertz CT molecular complexity index is 544. The van der Waals surface area contributed by atoms with E-state index in [-0.39, 0.29) is 0 Å². The minimum Gasteiger partial charge on any atom is -0.457 e. The van der Waals surface area contributed by atoms with Crippen molar-refractivity contribution in [2.24, 2.45) is 0 Å². The second-order valence-corrected chi connectivity index (χ2v) is 6.99. The fourth-order valence-electron chi connectivity index (χ4n) is 3.17. The monoisotopic (exact) mass is 398 g/mol. The molecule has 0 amide bonds. The summed E-state index contributed by atoms with van der Waals surface area (Å²) < 4.78 is 5.84. The molecule has 0 aliphatic rings. The van der Waals surface area contributed by atoms with Gasteiger partial charge >= 0.3 is 0 Å². The Morgan fingerprint density at radius 2 is 0.966 bits per heavy atom. The first kappa shape index (κ1) is 27.2. The lowest BCUT2D eigenvalue weighted by atomic mass is 10.0. The van der Waals surface area contributed by atoms with Crippen LogP contribution in [0, 0.1) is 0 Å². The van der Waals surface area contributed by atoms with Gasteiger partial charge in [0.15, 0.2) is 0 Å². The molecule has 0 bridgehead atoms. The third kappa shape index (κ3) is 14.8. The standard InChI is InChI=1S/C24H34O.2C2H6/c1-2-3-4-5-6-7-8-9-10-12-15-22-18-20-24(21-19-22)25-23-16-13-11-14-17-23;2*1-2/h11,13-14,16-21H,2-10,12,15H2,1H3;2*1-2H3. The van der Waals surface area contributed by atoms with Crippen molar-refractivity contribution in [1.29, 1.82) is 0 Å². The molecule has 0 radical (unpaired) electrons. The summed E-state index contributed by atoms with van der Waals surface area (Å²) in [6.07, 6.45) is 15.1. The molecule has 2 aromatic carbocycles. The molecule has 164 valence electrons. The van der Waals surface area contributed by atoms with E-state index >= 15 is 0 Å². The average Bonchev–Trinajstić information content (AvgIpc) is 2.79. The molecule has 0 saturated heterocycles. The zero-order valence-electron chi connectivity index (χ0n) is 19.9. The normalized spacial score (nSPS) is 9.69. The molecule has 0 fully saturated rings. The van der Waals surface area contributed by atoms with Crippen LogP contribution in [0.5, 0.6) is 11.5 Å². The highest BCUT2D eigenvalue weighted by Crippen LogP contribution is 2.21. The second kappa shape index (κ2) is 21.0. The van der Waals surface area contributed by atoms with Gasteiger partial charge in [0, 0.05) is 0 Å². The number of para-hydroxylation sites is 1. The summed E-state index contributed by atoms with van der Waals surface area (Å²) in [5.74, 6) is 1.81. The quantitative estimate of drug-likeness (QED) is 0.305. The lowest BCUT2D eigenvalue weighted by Crippen LogP contribution is -1.88. The van der Waals surface area contributed by atoms with Crippen LogP contribution in [-0.2, 0) is 6.42 Å². The van der Waals surface area contributed by atoms with Gasteiger partial charge in [-0.3, -0.25) is 0 Å². The van der Waals surface area contributed by atoms with Crippen LogP contribution >= 0.6 is 0 Å². The minimum absolute atomic E-state index is 0.893. The Morgan fingerprint density at radius 3 is 1.48 bits per heavy atom. The molecular formula is C28H46O. The third-order valence-electron chi connectivity index (χ3n) is 4.72. The maximum Gasteiger partial charge on any atom is 0.127 e. The largest absolute Gasteiger partial charge is 0.457 e. The fourth-order valence-corrected chi connectivity index (χ4v) is 3.17. The summed E-state index contributed by atoms with van der Waals surface area (Å²) >= 11 is 0. The lowest BCUT2D eigenvalue weighted by Gasteiger charge is -2.07. The predicted octanol–water partition coefficient (Wildman–Crippen LogP) is 9.99. The third-order valence-corrected chi connectivity index (χ3v) is 4.72. The molecule has 0 aliphatic carbocycles. The molecule has 0 spiro atoms. The molecule has 2 rings (SSSR count). The van der Waals surface area contributed by atoms with Crippen LogP contribution in [0.2, 0.25) is 0 Å². The summed E-state index contributed by atoms with van der Waals surface area (Å²) in [5.41, 5.74) is 1.42. The van der Waals surface area contributed by atoms with E-state index in [0.717, 1.165) is 11.5 Å². The average molecular weight is 399 g/mol. The van der Waals surface area contributed by atoms with Gasteiger partial charge in [-0.05, 0) is 42.7 Å². The van der Waals surface area contributed by atoms with Gasteiger partial charge in [0.25, 0.3) is 0 Å². The van der Waals surface area contributed by atoms with Crippen molar-refractivity contribution in [3.63, 3.8) is 0 Å². The number of unbranched alkanes of at least 4 members (excludes halogenated alkanes) is 9. The molecule has 0 aromatic heterocycles. The Balaban J connectivity index is 0.00000184. The molecule has 0 saturated carbocycles. The van der Waals surface area contributed by atoms with Gasteiger partial charge in [-0.1, -0.05) is 123 Å². The summed E-state index contributed by atoms with van der Waals surface area (Å²) in [6, 6.07) is 18.5. The van der Waals surface area contributed by atoms with Crippen molar-refractivity contribution >= 4 is 0 Å². The highest BCUT2D eigenvalue weighted by molar-refractivity contribution is 5.32. The maximum atomic E-state index is 5.84. The molecule has 1 heteroatoms. The highest BCUT2D eigenvalue weighted by atomic mass is 16.5. The lowest BCUT2D eigenvalue weighted by molar-refractivity contribution is 0.482. The smallest absolute Gasteiger partial charge is 0.127 e. The van der Waals surface area contributed by atoms with E-state index in [0.29, 0.717) is 0 Å². The molecule has 0 aliphatic heterocycles. The fraction of sp³-hybridized carbons (Fsp3) is 0.571. The van der Waals surface area contributed by atoms with Crippen LogP contribution in [0.4, 0.5) is 0 Å². The zero-order valence-corrected chi connectivity index (χ0v) is 19.9. The number of ether oxygens (including phenoxy) is 1. The van der Waals surface area contributed by atoms with Gasteiger partial charge in [-0.25, -0.2) is 0 Å². The molecule has 2 aromatic rings. The van der Waals surface area contributed by atoms with Crippen LogP contribution in [0.15, 0.2) is 54.6 Å². The van der Waals surface area contributed by atoms with Crippen LogP contribution < -0.4 is 4.74 Å². The van der Waals surface area contributed by atoms with Crippen molar-refractivity contribution in [2.75, 3.05) is 0 Å². The van der Waals surface area contributed by atoms with Crippen molar-refractivity contribution in [2.45, 2.75) is 105 Å². The second-order valence-electron chi connectivity index (χ2n) is 6.99. The molecular weight excluding hydrogens is 352 g/mol. The summed E-state index contributed by atoms with van der Waals surface area (Å²) in [4.78, 5) is 0. The van der Waals surface area contributed by atoms with Crippen LogP contribution in [0.1, 0.15) is 104 Å². The Labute approximate surface area is 181 Å². The summed E-state index contributed by atoms with van der Waals surface area (Å²) in [7, 11) is 0. The molecule has 0 N–H and O–H groups in total. The van der Waals surface area contributed by atoms with Crippen LogP contribution in [0.25, 0.3) is 0 Å². The van der Waals surface area contributed by atoms with Crippen LogP contribution in [0.3, 0.4) is 0 Å². The summed E-state index contributed by atoms with van der Waals surface area (Å²) in [6.45, 7) is 10.3. The van der Waals surface area contributed by atoms with Crippen molar-refractivity contribution in [3.05, 3.63) is 60.2 Å². The number of rotatable bonds is 13. The maximum absolute atomic E-state index is 5.84. The van der Waals surface area contributed by atoms with Crippen molar-refractivity contribution < 1.29 is 4.74 Å². The Morgan fingerprint density at radius 1 is 0.517 bits per heavy atom. The van der Waals surface area contributed by atoms with Gasteiger partial charge < -0.3 is 4.74 Å². The minimum atomic E-state index is 0.893. The van der Waals surface area contributed by atoms with Gasteiger partial charge in [-0.2, -0.15) is 0 Å². The molecule has 0 heterocycles. The van der Waals surface area contributed by atoms with E-state index in [2.05, 4.69) is 31.2 Å². The first-order valence-electron chi connectivity index (χ1n) is 12.2. The SMILES string of the molecule is CC.CC.CCCCCCCCCCCCc1ccc(Oc2ccccc2)cc1. The van der Waals surface area contributed by atoms with Crippen molar-refractivity contribution in [3.8, 4) is 11.5 Å². The predicted molar refractivity (Wildman–Crippen MR) is 131 cm³/mol. The van der Waals surface area contributed by atoms with E-state index in [1.165, 1.54) is 76.2 Å². The Hall–Kier alpha value is -1.76. The number of hydrogen-bond donors (Lipinski definition) is 0. The van der Waals surface area contributed by atoms with Crippen molar-refractivity contribution in [1.82, 2.24) is 0 Å². The first-order chi connectivity index (χ1) is 14.4. The highest BCUT2D eigenvalue weighted by Gasteiger charge is 1.98. The first-order valence-corrected chi connectivity index (χ1v) is 12.2. The molecule has 29 heavy (non-hydrogen) atoms. The van der Waals surface area contributed by atoms with E-state index in [1.807, 2.05) is 58.0 Å².